The highest BCUT2D eigenvalue weighted by molar-refractivity contribution is 6.31. The van der Waals surface area contributed by atoms with Gasteiger partial charge in [-0.25, -0.2) is 4.98 Å². The Hall–Kier alpha value is -1.61. The summed E-state index contributed by atoms with van der Waals surface area (Å²) < 4.78 is 0. The molecule has 0 fully saturated rings. The molecule has 0 amide bonds. The van der Waals surface area contributed by atoms with Gasteiger partial charge in [-0.3, -0.25) is 0 Å². The van der Waals surface area contributed by atoms with Gasteiger partial charge in [0.15, 0.2) is 0 Å². The predicted octanol–water partition coefficient (Wildman–Crippen LogP) is 2.70. The molecule has 0 aliphatic rings. The Morgan fingerprint density at radius 2 is 2.14 bits per heavy atom. The zero-order valence-electron chi connectivity index (χ0n) is 7.18. The van der Waals surface area contributed by atoms with E-state index in [2.05, 4.69) is 10.1 Å². The molecular weight excluding hydrogens is 200 g/mol. The number of oxime groups is 1. The number of hydrogen-bond acceptors (Lipinski definition) is 3. The van der Waals surface area contributed by atoms with Crippen LogP contribution in [0.4, 0.5) is 0 Å². The number of halogens is 1. The third kappa shape index (κ3) is 1.67. The number of nitrogens with zero attached hydrogens (tertiary/aromatic N) is 2. The smallest absolute Gasteiger partial charge is 0.0918 e. The molecule has 70 valence electrons. The summed E-state index contributed by atoms with van der Waals surface area (Å²) in [5.41, 5.74) is 1.44. The Kier molecular flexibility index (Phi) is 2.33. The summed E-state index contributed by atoms with van der Waals surface area (Å²) in [4.78, 5) is 4.24. The van der Waals surface area contributed by atoms with Crippen LogP contribution < -0.4 is 0 Å². The van der Waals surface area contributed by atoms with Crippen molar-refractivity contribution in [1.82, 2.24) is 4.98 Å². The number of pyridine rings is 1. The molecule has 0 saturated heterocycles. The summed E-state index contributed by atoms with van der Waals surface area (Å²) in [7, 11) is 0. The van der Waals surface area contributed by atoms with Gasteiger partial charge in [0.2, 0.25) is 0 Å². The van der Waals surface area contributed by atoms with E-state index in [1.54, 1.807) is 12.1 Å². The maximum atomic E-state index is 8.34. The maximum absolute atomic E-state index is 8.34. The Morgan fingerprint density at radius 3 is 2.93 bits per heavy atom. The minimum absolute atomic E-state index is 0.613. The Labute approximate surface area is 85.6 Å². The molecule has 1 heterocycles. The van der Waals surface area contributed by atoms with E-state index in [4.69, 9.17) is 16.8 Å². The average Bonchev–Trinajstić information content (AvgIpc) is 2.19. The lowest BCUT2D eigenvalue weighted by Gasteiger charge is -1.98. The summed E-state index contributed by atoms with van der Waals surface area (Å²) in [6.45, 7) is 0. The zero-order valence-corrected chi connectivity index (χ0v) is 7.94. The van der Waals surface area contributed by atoms with Crippen LogP contribution in [-0.2, 0) is 0 Å². The van der Waals surface area contributed by atoms with Gasteiger partial charge in [-0.2, -0.15) is 0 Å². The molecule has 3 nitrogen and oxygen atoms in total. The summed E-state index contributed by atoms with van der Waals surface area (Å²) >= 11 is 5.83. The Morgan fingerprint density at radius 1 is 1.29 bits per heavy atom. The van der Waals surface area contributed by atoms with Gasteiger partial charge in [0.05, 0.1) is 17.4 Å². The molecule has 4 heteroatoms. The molecule has 1 aromatic carbocycles. The van der Waals surface area contributed by atoms with Crippen LogP contribution in [-0.4, -0.2) is 16.4 Å². The van der Waals surface area contributed by atoms with Crippen molar-refractivity contribution in [3.8, 4) is 0 Å². The van der Waals surface area contributed by atoms with Crippen molar-refractivity contribution in [2.75, 3.05) is 0 Å². The van der Waals surface area contributed by atoms with E-state index in [1.807, 2.05) is 18.2 Å². The van der Waals surface area contributed by atoms with Crippen molar-refractivity contribution in [3.63, 3.8) is 0 Å². The van der Waals surface area contributed by atoms with Crippen LogP contribution in [0.2, 0.25) is 5.02 Å². The van der Waals surface area contributed by atoms with E-state index >= 15 is 0 Å². The van der Waals surface area contributed by atoms with Crippen molar-refractivity contribution < 1.29 is 5.21 Å². The molecule has 0 atom stereocenters. The lowest BCUT2D eigenvalue weighted by molar-refractivity contribution is 0.321. The fourth-order valence-corrected chi connectivity index (χ4v) is 1.42. The lowest BCUT2D eigenvalue weighted by atomic mass is 10.2. The van der Waals surface area contributed by atoms with Gasteiger partial charge in [-0.1, -0.05) is 22.8 Å². The van der Waals surface area contributed by atoms with Crippen LogP contribution in [0.1, 0.15) is 5.69 Å². The van der Waals surface area contributed by atoms with Crippen molar-refractivity contribution in [2.24, 2.45) is 5.16 Å². The first kappa shape index (κ1) is 8.97. The highest BCUT2D eigenvalue weighted by Crippen LogP contribution is 2.17. The second-order valence-electron chi connectivity index (χ2n) is 2.82. The first-order valence-electron chi connectivity index (χ1n) is 4.03. The Bertz CT molecular complexity index is 496. The molecule has 0 spiro atoms. The fourth-order valence-electron chi connectivity index (χ4n) is 1.24. The SMILES string of the molecule is ON=Cc1ccc2cc(Cl)ccc2n1. The number of fused-ring (bicyclic) bond motifs is 1. The van der Waals surface area contributed by atoms with Crippen LogP contribution in [0.25, 0.3) is 10.9 Å². The number of hydrogen-bond donors (Lipinski definition) is 1. The maximum Gasteiger partial charge on any atom is 0.0918 e. The van der Waals surface area contributed by atoms with Crippen molar-refractivity contribution >= 4 is 28.7 Å². The first-order chi connectivity index (χ1) is 6.79. The first-order valence-corrected chi connectivity index (χ1v) is 4.41. The summed E-state index contributed by atoms with van der Waals surface area (Å²) in [5, 5.41) is 12.9. The largest absolute Gasteiger partial charge is 0.411 e. The second-order valence-corrected chi connectivity index (χ2v) is 3.25. The zero-order chi connectivity index (χ0) is 9.97. The highest BCUT2D eigenvalue weighted by Gasteiger charge is 1.97. The summed E-state index contributed by atoms with van der Waals surface area (Å²) in [5.74, 6) is 0. The van der Waals surface area contributed by atoms with E-state index in [0.717, 1.165) is 10.9 Å². The molecule has 0 bridgehead atoms. The van der Waals surface area contributed by atoms with Crippen LogP contribution >= 0.6 is 11.6 Å². The molecular formula is C10H7ClN2O. The molecule has 0 aliphatic heterocycles. The third-order valence-electron chi connectivity index (χ3n) is 1.86. The van der Waals surface area contributed by atoms with Crippen molar-refractivity contribution in [3.05, 3.63) is 41.0 Å². The van der Waals surface area contributed by atoms with E-state index in [-0.39, 0.29) is 0 Å². The van der Waals surface area contributed by atoms with Gasteiger partial charge in [0, 0.05) is 10.4 Å². The lowest BCUT2D eigenvalue weighted by Crippen LogP contribution is -1.87. The Balaban J connectivity index is 2.61. The number of rotatable bonds is 1. The number of benzene rings is 1. The van der Waals surface area contributed by atoms with Gasteiger partial charge in [-0.15, -0.1) is 0 Å². The van der Waals surface area contributed by atoms with Gasteiger partial charge < -0.3 is 5.21 Å². The van der Waals surface area contributed by atoms with Crippen molar-refractivity contribution in [2.45, 2.75) is 0 Å². The highest BCUT2D eigenvalue weighted by atomic mass is 35.5. The van der Waals surface area contributed by atoms with E-state index in [0.29, 0.717) is 10.7 Å². The van der Waals surface area contributed by atoms with Crippen LogP contribution in [0.3, 0.4) is 0 Å². The standard InChI is InChI=1S/C10H7ClN2O/c11-8-2-4-10-7(5-8)1-3-9(13-10)6-12-14/h1-6,14H. The normalized spacial score (nSPS) is 11.2. The molecule has 1 aromatic heterocycles. The van der Waals surface area contributed by atoms with Gasteiger partial charge in [-0.05, 0) is 24.3 Å². The molecule has 0 saturated carbocycles. The third-order valence-corrected chi connectivity index (χ3v) is 2.10. The summed E-state index contributed by atoms with van der Waals surface area (Å²) in [6.07, 6.45) is 1.29. The predicted molar refractivity (Wildman–Crippen MR) is 56.1 cm³/mol. The topological polar surface area (TPSA) is 45.5 Å². The second kappa shape index (κ2) is 3.64. The van der Waals surface area contributed by atoms with Crippen LogP contribution in [0, 0.1) is 0 Å². The molecule has 2 aromatic rings. The molecule has 0 radical (unpaired) electrons. The molecule has 1 N–H and O–H groups in total. The molecule has 2 rings (SSSR count). The molecule has 0 unspecified atom stereocenters. The van der Waals surface area contributed by atoms with Crippen molar-refractivity contribution in [1.29, 1.82) is 0 Å². The van der Waals surface area contributed by atoms with Crippen LogP contribution in [0.15, 0.2) is 35.5 Å². The van der Waals surface area contributed by atoms with E-state index in [9.17, 15) is 0 Å². The quantitative estimate of drug-likeness (QED) is 0.443. The monoisotopic (exact) mass is 206 g/mol. The van der Waals surface area contributed by atoms with E-state index < -0.39 is 0 Å². The van der Waals surface area contributed by atoms with Gasteiger partial charge >= 0.3 is 0 Å². The van der Waals surface area contributed by atoms with Gasteiger partial charge in [0.1, 0.15) is 0 Å². The van der Waals surface area contributed by atoms with Crippen LogP contribution in [0.5, 0.6) is 0 Å². The van der Waals surface area contributed by atoms with E-state index in [1.165, 1.54) is 6.21 Å². The van der Waals surface area contributed by atoms with Gasteiger partial charge in [0.25, 0.3) is 0 Å². The minimum atomic E-state index is 0.613. The molecule has 14 heavy (non-hydrogen) atoms. The fraction of sp³-hybridized carbons (Fsp3) is 0. The minimum Gasteiger partial charge on any atom is -0.411 e. The number of aromatic nitrogens is 1. The molecule has 0 aliphatic carbocycles. The summed E-state index contributed by atoms with van der Waals surface area (Å²) in [6, 6.07) is 9.08. The average molecular weight is 207 g/mol.